The minimum Gasteiger partial charge on any atom is -0.491 e. The number of benzene rings is 1. The highest BCUT2D eigenvalue weighted by molar-refractivity contribution is 5.97. The average Bonchev–Trinajstić information content (AvgIpc) is 3.31. The van der Waals surface area contributed by atoms with Crippen LogP contribution in [-0.4, -0.2) is 51.6 Å². The van der Waals surface area contributed by atoms with Crippen molar-refractivity contribution in [3.05, 3.63) is 70.6 Å². The van der Waals surface area contributed by atoms with Crippen LogP contribution in [-0.2, 0) is 13.0 Å². The number of nitrogens with zero attached hydrogens (tertiary/aromatic N) is 4. The number of nitrogens with one attached hydrogen (secondary N) is 1. The number of pyridine rings is 1. The summed E-state index contributed by atoms with van der Waals surface area (Å²) < 4.78 is 53.9. The van der Waals surface area contributed by atoms with E-state index in [1.54, 1.807) is 19.9 Å². The summed E-state index contributed by atoms with van der Waals surface area (Å²) in [5.74, 6) is -1.02. The number of rotatable bonds is 8. The molecule has 0 saturated carbocycles. The number of imidazole rings is 1. The van der Waals surface area contributed by atoms with Crippen molar-refractivity contribution < 1.29 is 32.2 Å². The van der Waals surface area contributed by atoms with Crippen LogP contribution in [0.5, 0.6) is 11.8 Å². The third-order valence-electron chi connectivity index (χ3n) is 6.13. The normalized spacial score (nSPS) is 13.9. The second-order valence-corrected chi connectivity index (χ2v) is 8.39. The summed E-state index contributed by atoms with van der Waals surface area (Å²) in [6, 6.07) is 3.79. The predicted molar refractivity (Wildman–Crippen MR) is 126 cm³/mol. The molecule has 4 rings (SSSR count). The van der Waals surface area contributed by atoms with Gasteiger partial charge in [0.15, 0.2) is 11.6 Å². The van der Waals surface area contributed by atoms with Crippen LogP contribution in [0.15, 0.2) is 36.8 Å². The highest BCUT2D eigenvalue weighted by atomic mass is 19.3. The first-order valence-electron chi connectivity index (χ1n) is 11.7. The summed E-state index contributed by atoms with van der Waals surface area (Å²) in [7, 11) is 1.39. The molecule has 0 spiro atoms. The SMILES string of the molecule is CCOc1cc(C(C)N2CCc3c(cc(Cn4ccnc4OC(=O)NC)cc3C(F)F)C2=O)ncc1F. The van der Waals surface area contributed by atoms with Crippen molar-refractivity contribution in [2.24, 2.45) is 0 Å². The number of carbonyl (C=O) groups is 2. The Balaban J connectivity index is 1.66. The molecule has 37 heavy (non-hydrogen) atoms. The Morgan fingerprint density at radius 1 is 1.24 bits per heavy atom. The van der Waals surface area contributed by atoms with Crippen LogP contribution in [0.25, 0.3) is 0 Å². The number of halogens is 3. The summed E-state index contributed by atoms with van der Waals surface area (Å²) in [6.45, 7) is 3.96. The van der Waals surface area contributed by atoms with Gasteiger partial charge in [-0.3, -0.25) is 14.3 Å². The van der Waals surface area contributed by atoms with Gasteiger partial charge in [0.2, 0.25) is 0 Å². The molecule has 2 aromatic heterocycles. The molecule has 0 radical (unpaired) electrons. The summed E-state index contributed by atoms with van der Waals surface area (Å²) >= 11 is 0. The van der Waals surface area contributed by atoms with E-state index < -0.39 is 30.3 Å². The third-order valence-corrected chi connectivity index (χ3v) is 6.13. The summed E-state index contributed by atoms with van der Waals surface area (Å²) in [5.41, 5.74) is 1.06. The Morgan fingerprint density at radius 3 is 2.73 bits per heavy atom. The van der Waals surface area contributed by atoms with Gasteiger partial charge in [0.25, 0.3) is 12.3 Å². The first kappa shape index (κ1) is 26.0. The Hall–Kier alpha value is -4.09. The number of amides is 2. The lowest BCUT2D eigenvalue weighted by Gasteiger charge is -2.34. The molecule has 196 valence electrons. The smallest absolute Gasteiger partial charge is 0.414 e. The first-order chi connectivity index (χ1) is 17.7. The van der Waals surface area contributed by atoms with Crippen molar-refractivity contribution in [1.82, 2.24) is 24.8 Å². The van der Waals surface area contributed by atoms with Crippen LogP contribution in [0.1, 0.15) is 59.1 Å². The zero-order chi connectivity index (χ0) is 26.7. The maximum Gasteiger partial charge on any atom is 0.414 e. The van der Waals surface area contributed by atoms with Crippen LogP contribution in [0.3, 0.4) is 0 Å². The number of hydrogen-bond acceptors (Lipinski definition) is 6. The van der Waals surface area contributed by atoms with Gasteiger partial charge < -0.3 is 19.7 Å². The highest BCUT2D eigenvalue weighted by Gasteiger charge is 2.33. The lowest BCUT2D eigenvalue weighted by Crippen LogP contribution is -2.40. The van der Waals surface area contributed by atoms with E-state index >= 15 is 0 Å². The van der Waals surface area contributed by atoms with Gasteiger partial charge in [-0.1, -0.05) is 0 Å². The molecule has 1 N–H and O–H groups in total. The van der Waals surface area contributed by atoms with E-state index in [1.807, 2.05) is 0 Å². The van der Waals surface area contributed by atoms with Crippen LogP contribution < -0.4 is 14.8 Å². The maximum atomic E-state index is 14.0. The number of ether oxygens (including phenoxy) is 2. The van der Waals surface area contributed by atoms with Gasteiger partial charge in [0.05, 0.1) is 31.1 Å². The number of fused-ring (bicyclic) bond motifs is 1. The van der Waals surface area contributed by atoms with Gasteiger partial charge in [0, 0.05) is 43.2 Å². The van der Waals surface area contributed by atoms with Crippen molar-refractivity contribution in [3.8, 4) is 11.8 Å². The number of alkyl halides is 2. The van der Waals surface area contributed by atoms with Crippen molar-refractivity contribution >= 4 is 12.0 Å². The monoisotopic (exact) mass is 517 g/mol. The predicted octanol–water partition coefficient (Wildman–Crippen LogP) is 4.28. The zero-order valence-electron chi connectivity index (χ0n) is 20.5. The molecule has 0 aliphatic carbocycles. The van der Waals surface area contributed by atoms with Gasteiger partial charge in [-0.2, -0.15) is 0 Å². The molecule has 0 bridgehead atoms. The van der Waals surface area contributed by atoms with Crippen LogP contribution in [0, 0.1) is 5.82 Å². The van der Waals surface area contributed by atoms with Crippen molar-refractivity contribution in [2.45, 2.75) is 39.3 Å². The average molecular weight is 518 g/mol. The Bertz CT molecular complexity index is 1310. The lowest BCUT2D eigenvalue weighted by molar-refractivity contribution is 0.0665. The standard InChI is InChI=1S/C25H26F3N5O4/c1-4-36-21-11-20(31-12-19(21)26)14(2)33-7-5-16-17(22(27)28)9-15(10-18(16)23(33)34)13-32-8-6-30-24(32)37-25(35)29-3/h6,8-12,14,22H,4-5,7,13H2,1-3H3,(H,29,35). The van der Waals surface area contributed by atoms with Crippen LogP contribution in [0.4, 0.5) is 18.0 Å². The van der Waals surface area contributed by atoms with Crippen LogP contribution >= 0.6 is 0 Å². The Morgan fingerprint density at radius 2 is 2.03 bits per heavy atom. The first-order valence-corrected chi connectivity index (χ1v) is 11.7. The lowest BCUT2D eigenvalue weighted by atomic mass is 9.90. The third kappa shape index (κ3) is 5.37. The molecule has 0 saturated heterocycles. The van der Waals surface area contributed by atoms with Crippen LogP contribution in [0.2, 0.25) is 0 Å². The molecule has 1 atom stereocenters. The number of hydrogen-bond donors (Lipinski definition) is 1. The summed E-state index contributed by atoms with van der Waals surface area (Å²) in [4.78, 5) is 34.7. The zero-order valence-corrected chi connectivity index (χ0v) is 20.5. The van der Waals surface area contributed by atoms with Crippen molar-refractivity contribution in [3.63, 3.8) is 0 Å². The quantitative estimate of drug-likeness (QED) is 0.479. The van der Waals surface area contributed by atoms with Gasteiger partial charge in [0.1, 0.15) is 0 Å². The Kier molecular flexibility index (Phi) is 7.65. The topological polar surface area (TPSA) is 98.6 Å². The van der Waals surface area contributed by atoms with Gasteiger partial charge in [-0.25, -0.2) is 22.9 Å². The Labute approximate surface area is 211 Å². The largest absolute Gasteiger partial charge is 0.491 e. The molecule has 1 aromatic carbocycles. The molecule has 9 nitrogen and oxygen atoms in total. The second-order valence-electron chi connectivity index (χ2n) is 8.39. The fraction of sp³-hybridized carbons (Fsp3) is 0.360. The molecule has 0 fully saturated rings. The maximum absolute atomic E-state index is 14.0. The number of carbonyl (C=O) groups excluding carboxylic acids is 2. The molecule has 3 heterocycles. The molecular weight excluding hydrogens is 491 g/mol. The van der Waals surface area contributed by atoms with E-state index in [1.165, 1.54) is 41.0 Å². The van der Waals surface area contributed by atoms with E-state index in [9.17, 15) is 22.8 Å². The van der Waals surface area contributed by atoms with Gasteiger partial charge in [-0.05, 0) is 43.5 Å². The van der Waals surface area contributed by atoms with E-state index in [2.05, 4.69) is 15.3 Å². The van der Waals surface area contributed by atoms with Gasteiger partial charge in [-0.15, -0.1) is 0 Å². The van der Waals surface area contributed by atoms with Gasteiger partial charge >= 0.3 is 12.1 Å². The van der Waals surface area contributed by atoms with Crippen molar-refractivity contribution in [1.29, 1.82) is 0 Å². The minimum absolute atomic E-state index is 0.0234. The molecular formula is C25H26F3N5O4. The highest BCUT2D eigenvalue weighted by Crippen LogP contribution is 2.35. The summed E-state index contributed by atoms with van der Waals surface area (Å²) in [5, 5.41) is 2.31. The molecule has 12 heteroatoms. The molecule has 2 amide bonds. The van der Waals surface area contributed by atoms with E-state index in [-0.39, 0.29) is 49.0 Å². The summed E-state index contributed by atoms with van der Waals surface area (Å²) in [6.07, 6.45) is 0.684. The van der Waals surface area contributed by atoms with E-state index in [0.29, 0.717) is 16.8 Å². The fourth-order valence-corrected chi connectivity index (χ4v) is 4.31. The fourth-order valence-electron chi connectivity index (χ4n) is 4.31. The molecule has 1 aliphatic rings. The van der Waals surface area contributed by atoms with E-state index in [4.69, 9.17) is 9.47 Å². The second kappa shape index (κ2) is 10.9. The molecule has 1 unspecified atom stereocenters. The number of aromatic nitrogens is 3. The van der Waals surface area contributed by atoms with E-state index in [0.717, 1.165) is 6.20 Å². The molecule has 1 aliphatic heterocycles. The molecule has 3 aromatic rings. The minimum atomic E-state index is -2.79. The van der Waals surface area contributed by atoms with Crippen molar-refractivity contribution in [2.75, 3.05) is 20.2 Å².